The van der Waals surface area contributed by atoms with Gasteiger partial charge in [0.25, 0.3) is 0 Å². The predicted octanol–water partition coefficient (Wildman–Crippen LogP) is -0.809. The molecule has 5 atom stereocenters. The van der Waals surface area contributed by atoms with Crippen molar-refractivity contribution < 1.29 is 47.6 Å². The summed E-state index contributed by atoms with van der Waals surface area (Å²) in [6.45, 7) is 1.64. The average Bonchev–Trinajstić information content (AvgIpc) is 3.49. The second-order valence-electron chi connectivity index (χ2n) is 12.6. The number of carbonyl (C=O) groups excluding carboxylic acids is 6. The second-order valence-corrected chi connectivity index (χ2v) is 13.8. The molecule has 2 heterocycles. The number of phosphoric acid groups is 1. The third-order valence-electron chi connectivity index (χ3n) is 8.82. The van der Waals surface area contributed by atoms with Crippen LogP contribution in [0.1, 0.15) is 50.2 Å². The molecule has 2 fully saturated rings. The van der Waals surface area contributed by atoms with Crippen molar-refractivity contribution >= 4 is 43.3 Å². The van der Waals surface area contributed by atoms with Crippen molar-refractivity contribution in [1.82, 2.24) is 25.8 Å². The van der Waals surface area contributed by atoms with E-state index in [0.717, 1.165) is 5.56 Å². The molecule has 18 heteroatoms. The number of carbonyl (C=O) groups is 6. The van der Waals surface area contributed by atoms with Crippen molar-refractivity contribution in [2.24, 2.45) is 11.5 Å². The molecule has 0 aliphatic carbocycles. The average molecular weight is 730 g/mol. The van der Waals surface area contributed by atoms with Crippen LogP contribution < -0.4 is 31.9 Å². The van der Waals surface area contributed by atoms with Gasteiger partial charge in [-0.1, -0.05) is 42.5 Å². The topological polar surface area (TPSA) is 264 Å². The van der Waals surface area contributed by atoms with Crippen LogP contribution in [0.3, 0.4) is 0 Å². The van der Waals surface area contributed by atoms with Crippen LogP contribution >= 0.6 is 7.82 Å². The normalized spacial score (nSPS) is 20.2. The van der Waals surface area contributed by atoms with Crippen LogP contribution in [-0.2, 0) is 46.3 Å². The number of hydrogen-bond donors (Lipinski definition) is 7. The summed E-state index contributed by atoms with van der Waals surface area (Å²) in [7, 11) is -4.75. The van der Waals surface area contributed by atoms with Gasteiger partial charge in [0.2, 0.25) is 35.4 Å². The summed E-state index contributed by atoms with van der Waals surface area (Å²) in [5.74, 6) is -3.46. The molecule has 1 unspecified atom stereocenters. The Bertz CT molecular complexity index is 1640. The van der Waals surface area contributed by atoms with Crippen molar-refractivity contribution in [3.8, 4) is 5.75 Å². The minimum Gasteiger partial charge on any atom is -0.404 e. The SMILES string of the molecule is CC(=O)N1CCC2CC[C@@H](C(=O)N[C@@H](CCC(N)=O)C(=O)NCc3ccccc3)N2C(=O)[C@@H](NC(=O)[C@@H](N)Cc2ccc(OP(=O)(O)O)cc2)C1. The number of primary amides is 1. The lowest BCUT2D eigenvalue weighted by Crippen LogP contribution is -2.63. The molecule has 2 aliphatic heterocycles. The lowest BCUT2D eigenvalue weighted by molar-refractivity contribution is -0.147. The number of benzene rings is 2. The van der Waals surface area contributed by atoms with Gasteiger partial charge in [0.1, 0.15) is 23.9 Å². The van der Waals surface area contributed by atoms with Crippen molar-refractivity contribution in [2.45, 2.75) is 82.2 Å². The van der Waals surface area contributed by atoms with Crippen molar-refractivity contribution in [3.63, 3.8) is 0 Å². The molecule has 0 radical (unpaired) electrons. The van der Waals surface area contributed by atoms with Crippen LogP contribution in [0.25, 0.3) is 0 Å². The Morgan fingerprint density at radius 3 is 2.29 bits per heavy atom. The van der Waals surface area contributed by atoms with E-state index in [1.807, 2.05) is 30.3 Å². The molecule has 2 aliphatic rings. The Labute approximate surface area is 294 Å². The van der Waals surface area contributed by atoms with E-state index in [-0.39, 0.29) is 57.0 Å². The molecule has 17 nitrogen and oxygen atoms in total. The summed E-state index contributed by atoms with van der Waals surface area (Å²) in [6, 6.07) is 9.75. The van der Waals surface area contributed by atoms with Crippen LogP contribution in [0.5, 0.6) is 5.75 Å². The molecule has 0 spiro atoms. The van der Waals surface area contributed by atoms with Crippen LogP contribution in [-0.4, -0.2) is 98.3 Å². The fraction of sp³-hybridized carbons (Fsp3) is 0.455. The minimum atomic E-state index is -4.75. The molecule has 2 aromatic carbocycles. The highest BCUT2D eigenvalue weighted by molar-refractivity contribution is 7.46. The molecular weight excluding hydrogens is 685 g/mol. The molecule has 2 saturated heterocycles. The monoisotopic (exact) mass is 729 g/mol. The van der Waals surface area contributed by atoms with Crippen LogP contribution in [0.2, 0.25) is 0 Å². The zero-order valence-electron chi connectivity index (χ0n) is 28.1. The summed E-state index contributed by atoms with van der Waals surface area (Å²) in [6.07, 6.45) is 0.854. The molecule has 6 amide bonds. The number of phosphoric ester groups is 1. The summed E-state index contributed by atoms with van der Waals surface area (Å²) in [5.41, 5.74) is 12.9. The van der Waals surface area contributed by atoms with Gasteiger partial charge in [0, 0.05) is 39.0 Å². The largest absolute Gasteiger partial charge is 0.524 e. The maximum Gasteiger partial charge on any atom is 0.524 e. The Kier molecular flexibility index (Phi) is 13.3. The lowest BCUT2D eigenvalue weighted by Gasteiger charge is -2.39. The van der Waals surface area contributed by atoms with Crippen LogP contribution in [0.15, 0.2) is 54.6 Å². The number of rotatable bonds is 14. The first kappa shape index (κ1) is 39.0. The molecular formula is C33H44N7O10P. The first-order chi connectivity index (χ1) is 24.1. The Hall–Kier alpha value is -4.83. The van der Waals surface area contributed by atoms with Gasteiger partial charge in [-0.3, -0.25) is 38.6 Å². The highest BCUT2D eigenvalue weighted by Gasteiger charge is 2.46. The number of nitrogens with one attached hydrogen (secondary N) is 3. The van der Waals surface area contributed by atoms with E-state index in [0.29, 0.717) is 18.4 Å². The van der Waals surface area contributed by atoms with E-state index < -0.39 is 67.6 Å². The predicted molar refractivity (Wildman–Crippen MR) is 182 cm³/mol. The molecule has 4 rings (SSSR count). The van der Waals surface area contributed by atoms with E-state index in [9.17, 15) is 33.3 Å². The van der Waals surface area contributed by atoms with Crippen molar-refractivity contribution in [2.75, 3.05) is 13.1 Å². The molecule has 276 valence electrons. The zero-order chi connectivity index (χ0) is 37.3. The number of nitrogens with two attached hydrogens (primary N) is 2. The number of hydrogen-bond acceptors (Lipinski definition) is 9. The van der Waals surface area contributed by atoms with Gasteiger partial charge >= 0.3 is 7.82 Å². The zero-order valence-corrected chi connectivity index (χ0v) is 29.0. The fourth-order valence-electron chi connectivity index (χ4n) is 6.21. The summed E-state index contributed by atoms with van der Waals surface area (Å²) >= 11 is 0. The van der Waals surface area contributed by atoms with Gasteiger partial charge in [0.05, 0.1) is 6.04 Å². The summed E-state index contributed by atoms with van der Waals surface area (Å²) in [5, 5.41) is 8.13. The fourth-order valence-corrected chi connectivity index (χ4v) is 6.60. The Morgan fingerprint density at radius 1 is 0.980 bits per heavy atom. The molecule has 51 heavy (non-hydrogen) atoms. The van der Waals surface area contributed by atoms with Gasteiger partial charge < -0.3 is 41.7 Å². The molecule has 2 aromatic rings. The minimum absolute atomic E-state index is 0.00421. The summed E-state index contributed by atoms with van der Waals surface area (Å²) < 4.78 is 15.6. The number of amides is 6. The van der Waals surface area contributed by atoms with Gasteiger partial charge in [0.15, 0.2) is 0 Å². The standard InChI is InChI=1S/C33H44N7O10P/c1-20(41)39-16-15-23-9-13-28(32(45)37-26(12-14-29(35)42)31(44)36-18-22-5-3-2-4-6-22)40(23)33(46)27(19-39)38-30(43)25(34)17-21-7-10-24(11-8-21)50-51(47,48)49/h2-8,10-11,23,25-28H,9,12-19,34H2,1H3,(H2,35,42)(H,36,44)(H,37,45)(H,38,43)(H2,47,48,49)/t23?,25-,26-,27-,28-/m0/s1. The smallest absolute Gasteiger partial charge is 0.404 e. The third kappa shape index (κ3) is 11.3. The highest BCUT2D eigenvalue weighted by atomic mass is 31.2. The lowest BCUT2D eigenvalue weighted by atomic mass is 10.0. The van der Waals surface area contributed by atoms with Crippen LogP contribution in [0.4, 0.5) is 0 Å². The van der Waals surface area contributed by atoms with E-state index in [4.69, 9.17) is 21.3 Å². The first-order valence-corrected chi connectivity index (χ1v) is 18.0. The second kappa shape index (κ2) is 17.4. The Morgan fingerprint density at radius 2 is 1.67 bits per heavy atom. The van der Waals surface area contributed by atoms with Gasteiger partial charge in [-0.05, 0) is 55.4 Å². The first-order valence-electron chi connectivity index (χ1n) is 16.5. The van der Waals surface area contributed by atoms with E-state index in [1.54, 1.807) is 0 Å². The van der Waals surface area contributed by atoms with E-state index >= 15 is 0 Å². The number of nitrogens with zero attached hydrogens (tertiary/aromatic N) is 2. The third-order valence-corrected chi connectivity index (χ3v) is 9.27. The van der Waals surface area contributed by atoms with Crippen molar-refractivity contribution in [1.29, 1.82) is 0 Å². The number of fused-ring (bicyclic) bond motifs is 1. The maximum absolute atomic E-state index is 14.2. The summed E-state index contributed by atoms with van der Waals surface area (Å²) in [4.78, 5) is 99.3. The molecule has 0 aromatic heterocycles. The van der Waals surface area contributed by atoms with Gasteiger partial charge in [-0.2, -0.15) is 0 Å². The van der Waals surface area contributed by atoms with Crippen molar-refractivity contribution in [3.05, 3.63) is 65.7 Å². The van der Waals surface area contributed by atoms with Gasteiger partial charge in [-0.15, -0.1) is 0 Å². The maximum atomic E-state index is 14.2. The Balaban J connectivity index is 1.47. The molecule has 0 bridgehead atoms. The van der Waals surface area contributed by atoms with E-state index in [1.165, 1.54) is 41.0 Å². The van der Waals surface area contributed by atoms with Crippen LogP contribution in [0, 0.1) is 0 Å². The highest BCUT2D eigenvalue weighted by Crippen LogP contribution is 2.37. The molecule has 9 N–H and O–H groups in total. The quantitative estimate of drug-likeness (QED) is 0.118. The van der Waals surface area contributed by atoms with Gasteiger partial charge in [-0.25, -0.2) is 4.57 Å². The molecule has 0 saturated carbocycles. The van der Waals surface area contributed by atoms with E-state index in [2.05, 4.69) is 20.5 Å².